The Morgan fingerprint density at radius 1 is 1.37 bits per heavy atom. The van der Waals surface area contributed by atoms with Crippen molar-refractivity contribution in [3.8, 4) is 10.6 Å². The topological polar surface area (TPSA) is 16.1 Å². The van der Waals surface area contributed by atoms with Gasteiger partial charge in [-0.3, -0.25) is 4.90 Å². The molecular weight excluding hydrogens is 276 g/mol. The van der Waals surface area contributed by atoms with E-state index in [-0.39, 0.29) is 0 Å². The van der Waals surface area contributed by atoms with E-state index in [2.05, 4.69) is 41.2 Å². The molecule has 1 aliphatic carbocycles. The van der Waals surface area contributed by atoms with Crippen LogP contribution in [0.5, 0.6) is 0 Å². The second-order valence-electron chi connectivity index (χ2n) is 5.08. The third-order valence-electron chi connectivity index (χ3n) is 3.53. The third kappa shape index (κ3) is 2.99. The van der Waals surface area contributed by atoms with E-state index in [1.165, 1.54) is 24.0 Å². The van der Waals surface area contributed by atoms with Crippen LogP contribution in [0, 0.1) is 0 Å². The lowest BCUT2D eigenvalue weighted by atomic mass is 10.1. The van der Waals surface area contributed by atoms with E-state index in [0.717, 1.165) is 23.3 Å². The van der Waals surface area contributed by atoms with E-state index in [1.54, 1.807) is 11.3 Å². The second-order valence-corrected chi connectivity index (χ2v) is 6.21. The van der Waals surface area contributed by atoms with Gasteiger partial charge in [0.05, 0.1) is 11.6 Å². The summed E-state index contributed by atoms with van der Waals surface area (Å²) in [4.78, 5) is 7.03. The molecule has 1 aliphatic rings. The van der Waals surface area contributed by atoms with Crippen LogP contribution in [0.15, 0.2) is 29.6 Å². The molecule has 0 bridgehead atoms. The molecule has 0 saturated heterocycles. The number of nitrogens with zero attached hydrogens (tertiary/aromatic N) is 2. The monoisotopic (exact) mass is 292 g/mol. The highest BCUT2D eigenvalue weighted by Crippen LogP contribution is 2.31. The molecule has 1 aromatic carbocycles. The van der Waals surface area contributed by atoms with Crippen molar-refractivity contribution in [1.29, 1.82) is 0 Å². The molecule has 1 saturated carbocycles. The van der Waals surface area contributed by atoms with Crippen LogP contribution < -0.4 is 0 Å². The van der Waals surface area contributed by atoms with Gasteiger partial charge in [-0.25, -0.2) is 4.98 Å². The van der Waals surface area contributed by atoms with Gasteiger partial charge in [-0.05, 0) is 25.5 Å². The number of rotatable bonds is 5. The number of alkyl halides is 1. The van der Waals surface area contributed by atoms with Gasteiger partial charge in [0.25, 0.3) is 0 Å². The molecule has 0 spiro atoms. The lowest BCUT2D eigenvalue weighted by Crippen LogP contribution is -2.20. The Labute approximate surface area is 123 Å². The average molecular weight is 293 g/mol. The molecule has 1 fully saturated rings. The van der Waals surface area contributed by atoms with Gasteiger partial charge in [0.2, 0.25) is 0 Å². The van der Waals surface area contributed by atoms with Gasteiger partial charge in [0.1, 0.15) is 5.01 Å². The van der Waals surface area contributed by atoms with E-state index < -0.39 is 0 Å². The Hall–Kier alpha value is -0.900. The van der Waals surface area contributed by atoms with Crippen molar-refractivity contribution in [3.63, 3.8) is 0 Å². The van der Waals surface area contributed by atoms with Crippen molar-refractivity contribution in [1.82, 2.24) is 9.88 Å². The van der Waals surface area contributed by atoms with E-state index in [0.29, 0.717) is 5.88 Å². The predicted octanol–water partition coefficient (Wildman–Crippen LogP) is 4.14. The molecule has 0 radical (unpaired) electrons. The summed E-state index contributed by atoms with van der Waals surface area (Å²) in [5.41, 5.74) is 3.57. The summed E-state index contributed by atoms with van der Waals surface area (Å²) < 4.78 is 0. The maximum absolute atomic E-state index is 5.84. The quantitative estimate of drug-likeness (QED) is 0.770. The maximum Gasteiger partial charge on any atom is 0.123 e. The Balaban J connectivity index is 1.87. The highest BCUT2D eigenvalue weighted by molar-refractivity contribution is 7.13. The molecule has 4 heteroatoms. The van der Waals surface area contributed by atoms with Gasteiger partial charge in [-0.15, -0.1) is 22.9 Å². The van der Waals surface area contributed by atoms with E-state index in [9.17, 15) is 0 Å². The van der Waals surface area contributed by atoms with Crippen LogP contribution in [0.2, 0.25) is 0 Å². The SMILES string of the molecule is CN(Cc1ccccc1-c1nc(CCl)cs1)C1CC1. The van der Waals surface area contributed by atoms with Gasteiger partial charge in [-0.2, -0.15) is 0 Å². The van der Waals surface area contributed by atoms with Crippen LogP contribution in [0.4, 0.5) is 0 Å². The molecule has 0 aliphatic heterocycles. The fraction of sp³-hybridized carbons (Fsp3) is 0.400. The molecule has 100 valence electrons. The number of halogens is 1. The second kappa shape index (κ2) is 5.61. The summed E-state index contributed by atoms with van der Waals surface area (Å²) in [5, 5.41) is 3.12. The van der Waals surface area contributed by atoms with E-state index in [1.807, 2.05) is 5.38 Å². The van der Waals surface area contributed by atoms with Crippen molar-refractivity contribution in [3.05, 3.63) is 40.9 Å². The molecule has 19 heavy (non-hydrogen) atoms. The average Bonchev–Trinajstić information content (AvgIpc) is 3.18. The summed E-state index contributed by atoms with van der Waals surface area (Å²) in [7, 11) is 2.21. The largest absolute Gasteiger partial charge is 0.299 e. The number of hydrogen-bond donors (Lipinski definition) is 0. The van der Waals surface area contributed by atoms with E-state index >= 15 is 0 Å². The van der Waals surface area contributed by atoms with Crippen molar-refractivity contribution in [2.24, 2.45) is 0 Å². The lowest BCUT2D eigenvalue weighted by Gasteiger charge is -2.17. The van der Waals surface area contributed by atoms with Gasteiger partial charge in [0, 0.05) is 23.5 Å². The van der Waals surface area contributed by atoms with Crippen LogP contribution in [0.3, 0.4) is 0 Å². The molecule has 1 heterocycles. The molecule has 1 aromatic heterocycles. The summed E-state index contributed by atoms with van der Waals surface area (Å²) in [6.07, 6.45) is 2.68. The van der Waals surface area contributed by atoms with Crippen LogP contribution >= 0.6 is 22.9 Å². The van der Waals surface area contributed by atoms with Gasteiger partial charge >= 0.3 is 0 Å². The Kier molecular flexibility index (Phi) is 3.87. The normalized spacial score (nSPS) is 15.1. The van der Waals surface area contributed by atoms with Crippen LogP contribution in [0.1, 0.15) is 24.1 Å². The molecule has 0 N–H and O–H groups in total. The Bertz CT molecular complexity index is 563. The zero-order chi connectivity index (χ0) is 13.2. The molecule has 2 nitrogen and oxygen atoms in total. The molecule has 0 atom stereocenters. The molecule has 0 unspecified atom stereocenters. The van der Waals surface area contributed by atoms with Crippen molar-refractivity contribution in [2.45, 2.75) is 31.3 Å². The number of aromatic nitrogens is 1. The summed E-state index contributed by atoms with van der Waals surface area (Å²) >= 11 is 7.52. The molecule has 2 aromatic rings. The molecular formula is C15H17ClN2S. The zero-order valence-electron chi connectivity index (χ0n) is 11.0. The summed E-state index contributed by atoms with van der Waals surface area (Å²) in [6.45, 7) is 0.997. The first kappa shape index (κ1) is 13.1. The first-order valence-corrected chi connectivity index (χ1v) is 7.98. The molecule has 0 amide bonds. The fourth-order valence-corrected chi connectivity index (χ4v) is 3.38. The minimum Gasteiger partial charge on any atom is -0.299 e. The fourth-order valence-electron chi connectivity index (χ4n) is 2.27. The van der Waals surface area contributed by atoms with Crippen molar-refractivity contribution in [2.75, 3.05) is 7.05 Å². The maximum atomic E-state index is 5.84. The van der Waals surface area contributed by atoms with Crippen LogP contribution in [-0.4, -0.2) is 23.0 Å². The van der Waals surface area contributed by atoms with Crippen molar-refractivity contribution >= 4 is 22.9 Å². The highest BCUT2D eigenvalue weighted by atomic mass is 35.5. The molecule has 3 rings (SSSR count). The van der Waals surface area contributed by atoms with E-state index in [4.69, 9.17) is 11.6 Å². The smallest absolute Gasteiger partial charge is 0.123 e. The predicted molar refractivity (Wildman–Crippen MR) is 81.6 cm³/mol. The zero-order valence-corrected chi connectivity index (χ0v) is 12.5. The highest BCUT2D eigenvalue weighted by Gasteiger charge is 2.26. The first-order chi connectivity index (χ1) is 9.28. The number of hydrogen-bond acceptors (Lipinski definition) is 3. The van der Waals surface area contributed by atoms with Crippen LogP contribution in [0.25, 0.3) is 10.6 Å². The minimum atomic E-state index is 0.487. The summed E-state index contributed by atoms with van der Waals surface area (Å²) in [6, 6.07) is 9.33. The standard InChI is InChI=1S/C15H17ClN2S/c1-18(13-6-7-13)9-11-4-2-3-5-14(11)15-17-12(8-16)10-19-15/h2-5,10,13H,6-9H2,1H3. The minimum absolute atomic E-state index is 0.487. The summed E-state index contributed by atoms with van der Waals surface area (Å²) in [5.74, 6) is 0.487. The van der Waals surface area contributed by atoms with Crippen LogP contribution in [-0.2, 0) is 12.4 Å². The Morgan fingerprint density at radius 2 is 2.16 bits per heavy atom. The number of benzene rings is 1. The third-order valence-corrected chi connectivity index (χ3v) is 4.72. The van der Waals surface area contributed by atoms with Gasteiger partial charge in [-0.1, -0.05) is 24.3 Å². The van der Waals surface area contributed by atoms with Crippen molar-refractivity contribution < 1.29 is 0 Å². The first-order valence-electron chi connectivity index (χ1n) is 6.57. The van der Waals surface area contributed by atoms with Gasteiger partial charge < -0.3 is 0 Å². The number of thiazole rings is 1. The van der Waals surface area contributed by atoms with Gasteiger partial charge in [0.15, 0.2) is 0 Å². The Morgan fingerprint density at radius 3 is 2.84 bits per heavy atom. The lowest BCUT2D eigenvalue weighted by molar-refractivity contribution is 0.317.